The van der Waals surface area contributed by atoms with Gasteiger partial charge in [0.05, 0.1) is 12.7 Å². The molecule has 2 heterocycles. The minimum Gasteiger partial charge on any atom is -0.396 e. The summed E-state index contributed by atoms with van der Waals surface area (Å²) in [6.07, 6.45) is 0.922. The molecule has 7 heteroatoms. The summed E-state index contributed by atoms with van der Waals surface area (Å²) in [6.45, 7) is 3.69. The average Bonchev–Trinajstić information content (AvgIpc) is 2.94. The molecule has 0 bridgehead atoms. The number of amidine groups is 2. The minimum absolute atomic E-state index is 0.145. The van der Waals surface area contributed by atoms with Crippen molar-refractivity contribution >= 4 is 29.6 Å². The van der Waals surface area contributed by atoms with Gasteiger partial charge in [-0.15, -0.1) is 0 Å². The molecule has 98 valence electrons. The summed E-state index contributed by atoms with van der Waals surface area (Å²) in [7, 11) is 0. The third-order valence-electron chi connectivity index (χ3n) is 3.59. The molecule has 3 rings (SSSR count). The number of aliphatic hydroxyl groups is 2. The highest BCUT2D eigenvalue weighted by Crippen LogP contribution is 2.37. The number of rotatable bonds is 2. The van der Waals surface area contributed by atoms with Crippen molar-refractivity contribution in [1.29, 1.82) is 0 Å². The molecular formula is C12H12N4O3. The van der Waals surface area contributed by atoms with E-state index >= 15 is 0 Å². The van der Waals surface area contributed by atoms with Gasteiger partial charge in [-0.1, -0.05) is 12.2 Å². The zero-order chi connectivity index (χ0) is 13.6. The largest absolute Gasteiger partial charge is 0.396 e. The lowest BCUT2D eigenvalue weighted by atomic mass is 9.97. The average molecular weight is 260 g/mol. The van der Waals surface area contributed by atoms with Crippen molar-refractivity contribution in [2.45, 2.75) is 12.5 Å². The molecule has 1 fully saturated rings. The van der Waals surface area contributed by atoms with Crippen LogP contribution in [0.25, 0.3) is 0 Å². The Labute approximate surface area is 108 Å². The summed E-state index contributed by atoms with van der Waals surface area (Å²) in [5.74, 6) is -0.666. The third kappa shape index (κ3) is 1.78. The van der Waals surface area contributed by atoms with Crippen molar-refractivity contribution in [3.05, 3.63) is 12.2 Å². The van der Waals surface area contributed by atoms with E-state index in [-0.39, 0.29) is 29.9 Å². The first kappa shape index (κ1) is 12.1. The Morgan fingerprint density at radius 3 is 2.89 bits per heavy atom. The standard InChI is InChI=1S/C12H12N4O3/c1-5-6(2-8(18)7(5)3-17)10-15-11-9(12(19)16-10)13-4-14-11/h4,6-8,17-18H,1-3H2. The van der Waals surface area contributed by atoms with Crippen molar-refractivity contribution in [3.63, 3.8) is 0 Å². The minimum atomic E-state index is -0.692. The van der Waals surface area contributed by atoms with E-state index in [1.54, 1.807) is 0 Å². The highest BCUT2D eigenvalue weighted by Gasteiger charge is 2.40. The molecule has 1 saturated carbocycles. The van der Waals surface area contributed by atoms with Gasteiger partial charge in [-0.25, -0.2) is 15.0 Å². The Kier molecular flexibility index (Phi) is 2.72. The van der Waals surface area contributed by atoms with Gasteiger partial charge in [0.25, 0.3) is 0 Å². The zero-order valence-corrected chi connectivity index (χ0v) is 10.0. The lowest BCUT2D eigenvalue weighted by molar-refractivity contribution is -0.111. The van der Waals surface area contributed by atoms with Crippen LogP contribution in [0, 0.1) is 11.8 Å². The molecule has 7 nitrogen and oxygen atoms in total. The second-order valence-corrected chi connectivity index (χ2v) is 4.65. The van der Waals surface area contributed by atoms with Crippen LogP contribution in [-0.4, -0.2) is 52.6 Å². The van der Waals surface area contributed by atoms with Crippen LogP contribution in [-0.2, 0) is 4.79 Å². The number of amides is 1. The van der Waals surface area contributed by atoms with Crippen LogP contribution >= 0.6 is 0 Å². The van der Waals surface area contributed by atoms with Crippen LogP contribution < -0.4 is 0 Å². The van der Waals surface area contributed by atoms with E-state index in [1.165, 1.54) is 6.34 Å². The van der Waals surface area contributed by atoms with Gasteiger partial charge >= 0.3 is 5.91 Å². The predicted octanol–water partition coefficient (Wildman–Crippen LogP) is -0.648. The van der Waals surface area contributed by atoms with Crippen molar-refractivity contribution in [1.82, 2.24) is 0 Å². The summed E-state index contributed by atoms with van der Waals surface area (Å²) in [5.41, 5.74) is 0.792. The van der Waals surface area contributed by atoms with E-state index in [9.17, 15) is 15.0 Å². The number of nitrogens with zero attached hydrogens (tertiary/aromatic N) is 4. The van der Waals surface area contributed by atoms with Crippen molar-refractivity contribution in [3.8, 4) is 0 Å². The molecule has 2 N–H and O–H groups in total. The van der Waals surface area contributed by atoms with Crippen LogP contribution in [0.2, 0.25) is 0 Å². The molecule has 1 aliphatic carbocycles. The third-order valence-corrected chi connectivity index (χ3v) is 3.59. The fraction of sp³-hybridized carbons (Fsp3) is 0.417. The Bertz CT molecular complexity index is 588. The molecule has 0 aromatic carbocycles. The number of fused-ring (bicyclic) bond motifs is 1. The highest BCUT2D eigenvalue weighted by atomic mass is 16.3. The second kappa shape index (κ2) is 4.29. The van der Waals surface area contributed by atoms with Crippen molar-refractivity contribution in [2.24, 2.45) is 31.8 Å². The maximum atomic E-state index is 11.8. The van der Waals surface area contributed by atoms with E-state index in [0.717, 1.165) is 0 Å². The Hall–Kier alpha value is -1.99. The molecule has 0 aromatic heterocycles. The number of carbonyl (C=O) groups is 1. The normalized spacial score (nSPS) is 33.2. The Morgan fingerprint density at radius 1 is 1.42 bits per heavy atom. The van der Waals surface area contributed by atoms with Crippen LogP contribution in [0.4, 0.5) is 0 Å². The summed E-state index contributed by atoms with van der Waals surface area (Å²) >= 11 is 0. The highest BCUT2D eigenvalue weighted by molar-refractivity contribution is 6.71. The van der Waals surface area contributed by atoms with Crippen LogP contribution in [0.1, 0.15) is 6.42 Å². The lowest BCUT2D eigenvalue weighted by Crippen LogP contribution is -2.28. The van der Waals surface area contributed by atoms with Gasteiger partial charge in [-0.05, 0) is 6.42 Å². The van der Waals surface area contributed by atoms with E-state index in [0.29, 0.717) is 12.0 Å². The van der Waals surface area contributed by atoms with E-state index < -0.39 is 17.9 Å². The lowest BCUT2D eigenvalue weighted by Gasteiger charge is -2.15. The molecular weight excluding hydrogens is 248 g/mol. The maximum absolute atomic E-state index is 11.8. The first-order valence-electron chi connectivity index (χ1n) is 5.91. The summed E-state index contributed by atoms with van der Waals surface area (Å²) in [6, 6.07) is 0. The van der Waals surface area contributed by atoms with Crippen molar-refractivity contribution < 1.29 is 15.0 Å². The quantitative estimate of drug-likeness (QED) is 0.644. The molecule has 0 saturated heterocycles. The molecule has 0 aromatic rings. The molecule has 3 atom stereocenters. The second-order valence-electron chi connectivity index (χ2n) is 4.65. The monoisotopic (exact) mass is 260 g/mol. The van der Waals surface area contributed by atoms with Gasteiger partial charge < -0.3 is 10.2 Å². The van der Waals surface area contributed by atoms with Crippen LogP contribution in [0.15, 0.2) is 32.1 Å². The Morgan fingerprint density at radius 2 is 2.21 bits per heavy atom. The number of hydrogen-bond acceptors (Lipinski definition) is 6. The molecule has 3 unspecified atom stereocenters. The fourth-order valence-corrected chi connectivity index (χ4v) is 2.51. The van der Waals surface area contributed by atoms with Gasteiger partial charge in [-0.3, -0.25) is 4.79 Å². The Balaban J connectivity index is 1.92. The van der Waals surface area contributed by atoms with Crippen molar-refractivity contribution in [2.75, 3.05) is 6.61 Å². The number of aliphatic imine (C=N–C) groups is 4. The smallest absolute Gasteiger partial charge is 0.301 e. The molecule has 19 heavy (non-hydrogen) atoms. The van der Waals surface area contributed by atoms with Crippen LogP contribution in [0.3, 0.4) is 0 Å². The topological polar surface area (TPSA) is 107 Å². The van der Waals surface area contributed by atoms with E-state index in [2.05, 4.69) is 26.5 Å². The molecule has 2 aliphatic heterocycles. The first-order chi connectivity index (χ1) is 9.11. The van der Waals surface area contributed by atoms with Gasteiger partial charge in [-0.2, -0.15) is 4.99 Å². The van der Waals surface area contributed by atoms with Gasteiger partial charge in [0.1, 0.15) is 12.2 Å². The SMILES string of the molecule is C=C1C(C2=NC(=O)C3=NC=NC3=N2)CC(O)C1CO. The van der Waals surface area contributed by atoms with E-state index in [1.807, 2.05) is 0 Å². The molecule has 0 radical (unpaired) electrons. The van der Waals surface area contributed by atoms with Crippen LogP contribution in [0.5, 0.6) is 0 Å². The number of aliphatic hydroxyl groups excluding tert-OH is 2. The zero-order valence-electron chi connectivity index (χ0n) is 10.0. The number of carbonyl (C=O) groups excluding carboxylic acids is 1. The maximum Gasteiger partial charge on any atom is 0.301 e. The number of hydrogen-bond donors (Lipinski definition) is 2. The first-order valence-corrected chi connectivity index (χ1v) is 5.91. The summed E-state index contributed by atoms with van der Waals surface area (Å²) in [5, 5.41) is 19.1. The molecule has 1 amide bonds. The molecule has 3 aliphatic rings. The van der Waals surface area contributed by atoms with Gasteiger partial charge in [0.2, 0.25) is 0 Å². The fourth-order valence-electron chi connectivity index (χ4n) is 2.51. The van der Waals surface area contributed by atoms with Gasteiger partial charge in [0, 0.05) is 11.8 Å². The molecule has 0 spiro atoms. The predicted molar refractivity (Wildman–Crippen MR) is 69.6 cm³/mol. The summed E-state index contributed by atoms with van der Waals surface area (Å²) in [4.78, 5) is 27.5. The summed E-state index contributed by atoms with van der Waals surface area (Å²) < 4.78 is 0. The van der Waals surface area contributed by atoms with E-state index in [4.69, 9.17) is 0 Å². The van der Waals surface area contributed by atoms with Gasteiger partial charge in [0.15, 0.2) is 11.5 Å².